The van der Waals surface area contributed by atoms with E-state index in [1.165, 1.54) is 11.1 Å². The number of nitrogens with two attached hydrogens (primary N) is 1. The van der Waals surface area contributed by atoms with Gasteiger partial charge in [-0.15, -0.1) is 0 Å². The van der Waals surface area contributed by atoms with Crippen LogP contribution in [0.1, 0.15) is 25.8 Å². The highest BCUT2D eigenvalue weighted by Gasteiger charge is 2.29. The summed E-state index contributed by atoms with van der Waals surface area (Å²) < 4.78 is 0. The zero-order valence-corrected chi connectivity index (χ0v) is 13.1. The summed E-state index contributed by atoms with van der Waals surface area (Å²) >= 11 is 0. The fourth-order valence-corrected chi connectivity index (χ4v) is 2.58. The van der Waals surface area contributed by atoms with Crippen LogP contribution in [0.2, 0.25) is 0 Å². The molecule has 0 bridgehead atoms. The van der Waals surface area contributed by atoms with Gasteiger partial charge in [-0.05, 0) is 43.4 Å². The van der Waals surface area contributed by atoms with Crippen LogP contribution in [0.4, 0.5) is 0 Å². The third kappa shape index (κ3) is 4.18. The second kappa shape index (κ2) is 6.75. The van der Waals surface area contributed by atoms with Crippen molar-refractivity contribution in [3.05, 3.63) is 60.2 Å². The van der Waals surface area contributed by atoms with Crippen LogP contribution < -0.4 is 5.73 Å². The van der Waals surface area contributed by atoms with Gasteiger partial charge in [-0.25, -0.2) is 0 Å². The molecule has 2 aromatic rings. The van der Waals surface area contributed by atoms with Crippen LogP contribution in [0.15, 0.2) is 54.6 Å². The highest BCUT2D eigenvalue weighted by atomic mass is 16.4. The van der Waals surface area contributed by atoms with Crippen LogP contribution in [0, 0.1) is 5.41 Å². The van der Waals surface area contributed by atoms with Crippen LogP contribution in [0.3, 0.4) is 0 Å². The highest BCUT2D eigenvalue weighted by molar-refractivity contribution is 5.73. The molecule has 0 amide bonds. The Hall–Kier alpha value is -2.13. The second-order valence-electron chi connectivity index (χ2n) is 6.42. The molecule has 0 aliphatic carbocycles. The molecule has 1 unspecified atom stereocenters. The predicted molar refractivity (Wildman–Crippen MR) is 89.6 cm³/mol. The largest absolute Gasteiger partial charge is 0.481 e. The zero-order valence-electron chi connectivity index (χ0n) is 13.1. The summed E-state index contributed by atoms with van der Waals surface area (Å²) in [5.74, 6) is -0.803. The minimum absolute atomic E-state index is 0.159. The van der Waals surface area contributed by atoms with Crippen LogP contribution >= 0.6 is 0 Å². The Morgan fingerprint density at radius 2 is 1.59 bits per heavy atom. The molecule has 3 heteroatoms. The Kier molecular flexibility index (Phi) is 4.99. The average Bonchev–Trinajstić information content (AvgIpc) is 2.48. The topological polar surface area (TPSA) is 63.3 Å². The molecule has 116 valence electrons. The summed E-state index contributed by atoms with van der Waals surface area (Å²) in [6.45, 7) is 3.43. The third-order valence-electron chi connectivity index (χ3n) is 3.91. The molecule has 0 spiro atoms. The van der Waals surface area contributed by atoms with E-state index in [0.29, 0.717) is 12.8 Å². The van der Waals surface area contributed by atoms with Gasteiger partial charge >= 0.3 is 5.97 Å². The fraction of sp³-hybridized carbons (Fsp3) is 0.316. The zero-order chi connectivity index (χ0) is 16.2. The summed E-state index contributed by atoms with van der Waals surface area (Å²) in [6.07, 6.45) is 1.15. The van der Waals surface area contributed by atoms with Crippen LogP contribution in [0.25, 0.3) is 11.1 Å². The molecule has 0 aliphatic heterocycles. The van der Waals surface area contributed by atoms with Crippen molar-refractivity contribution >= 4 is 5.97 Å². The minimum Gasteiger partial charge on any atom is -0.481 e. The molecule has 3 N–H and O–H groups in total. The van der Waals surface area contributed by atoms with Crippen LogP contribution in [-0.2, 0) is 11.2 Å². The normalized spacial score (nSPS) is 12.9. The van der Waals surface area contributed by atoms with E-state index in [2.05, 4.69) is 36.4 Å². The lowest BCUT2D eigenvalue weighted by Gasteiger charge is -2.23. The molecule has 0 fully saturated rings. The lowest BCUT2D eigenvalue weighted by molar-refractivity contribution is -0.147. The van der Waals surface area contributed by atoms with Gasteiger partial charge < -0.3 is 10.8 Å². The Morgan fingerprint density at radius 1 is 1.05 bits per heavy atom. The molecule has 3 nitrogen and oxygen atoms in total. The maximum absolute atomic E-state index is 11.2. The summed E-state index contributed by atoms with van der Waals surface area (Å²) in [7, 11) is 0. The van der Waals surface area contributed by atoms with Gasteiger partial charge in [0.05, 0.1) is 5.41 Å². The molecule has 0 heterocycles. The van der Waals surface area contributed by atoms with Crippen molar-refractivity contribution in [1.82, 2.24) is 0 Å². The number of benzene rings is 2. The van der Waals surface area contributed by atoms with Crippen molar-refractivity contribution in [2.24, 2.45) is 11.1 Å². The first kappa shape index (κ1) is 16.2. The van der Waals surface area contributed by atoms with E-state index in [4.69, 9.17) is 10.8 Å². The molecule has 0 radical (unpaired) electrons. The monoisotopic (exact) mass is 297 g/mol. The summed E-state index contributed by atoms with van der Waals surface area (Å²) in [4.78, 5) is 11.2. The number of rotatable bonds is 6. The highest BCUT2D eigenvalue weighted by Crippen LogP contribution is 2.24. The van der Waals surface area contributed by atoms with Gasteiger partial charge in [0.2, 0.25) is 0 Å². The molecule has 0 saturated heterocycles. The Labute approximate surface area is 131 Å². The smallest absolute Gasteiger partial charge is 0.309 e. The summed E-state index contributed by atoms with van der Waals surface area (Å²) in [5, 5.41) is 9.16. The first-order chi connectivity index (χ1) is 10.4. The van der Waals surface area contributed by atoms with E-state index >= 15 is 0 Å². The number of carboxylic acid groups (broad SMARTS) is 1. The van der Waals surface area contributed by atoms with Crippen molar-refractivity contribution < 1.29 is 9.90 Å². The Bertz CT molecular complexity index is 618. The van der Waals surface area contributed by atoms with E-state index in [-0.39, 0.29) is 6.04 Å². The molecular formula is C19H23NO2. The molecule has 2 rings (SSSR count). The van der Waals surface area contributed by atoms with Crippen molar-refractivity contribution in [1.29, 1.82) is 0 Å². The number of carbonyl (C=O) groups is 1. The van der Waals surface area contributed by atoms with Gasteiger partial charge in [-0.3, -0.25) is 4.79 Å². The van der Waals surface area contributed by atoms with Crippen LogP contribution in [0.5, 0.6) is 0 Å². The van der Waals surface area contributed by atoms with Crippen molar-refractivity contribution in [3.8, 4) is 11.1 Å². The second-order valence-corrected chi connectivity index (χ2v) is 6.42. The van der Waals surface area contributed by atoms with E-state index in [1.807, 2.05) is 18.2 Å². The van der Waals surface area contributed by atoms with Crippen molar-refractivity contribution in [2.45, 2.75) is 32.7 Å². The van der Waals surface area contributed by atoms with Gasteiger partial charge in [0.25, 0.3) is 0 Å². The maximum Gasteiger partial charge on any atom is 0.309 e. The predicted octanol–water partition coefficient (Wildman–Crippen LogP) is 3.72. The molecule has 0 aliphatic rings. The molecule has 0 aromatic heterocycles. The Morgan fingerprint density at radius 3 is 2.14 bits per heavy atom. The van der Waals surface area contributed by atoms with E-state index in [9.17, 15) is 4.79 Å². The fourth-order valence-electron chi connectivity index (χ4n) is 2.58. The maximum atomic E-state index is 11.2. The van der Waals surface area contributed by atoms with Crippen molar-refractivity contribution in [2.75, 3.05) is 0 Å². The SMILES string of the molecule is CC(C)(CC(N)Cc1ccc(-c2ccccc2)cc1)C(=O)O. The number of hydrogen-bond acceptors (Lipinski definition) is 2. The average molecular weight is 297 g/mol. The van der Waals surface area contributed by atoms with E-state index in [1.54, 1.807) is 13.8 Å². The number of aliphatic carboxylic acids is 1. The number of hydrogen-bond donors (Lipinski definition) is 2. The standard InChI is InChI=1S/C19H23NO2/c1-19(2,18(21)22)13-17(20)12-14-8-10-16(11-9-14)15-6-4-3-5-7-15/h3-11,17H,12-13,20H2,1-2H3,(H,21,22). The van der Waals surface area contributed by atoms with Gasteiger partial charge in [-0.1, -0.05) is 54.6 Å². The quantitative estimate of drug-likeness (QED) is 0.854. The molecule has 1 atom stereocenters. The molecular weight excluding hydrogens is 274 g/mol. The van der Waals surface area contributed by atoms with Gasteiger partial charge in [0, 0.05) is 6.04 Å². The first-order valence-electron chi connectivity index (χ1n) is 7.52. The summed E-state index contributed by atoms with van der Waals surface area (Å²) in [5.41, 5.74) is 8.82. The lowest BCUT2D eigenvalue weighted by Crippen LogP contribution is -2.34. The lowest BCUT2D eigenvalue weighted by atomic mass is 9.84. The molecule has 2 aromatic carbocycles. The third-order valence-corrected chi connectivity index (χ3v) is 3.91. The van der Waals surface area contributed by atoms with Gasteiger partial charge in [0.1, 0.15) is 0 Å². The molecule has 0 saturated carbocycles. The molecule has 22 heavy (non-hydrogen) atoms. The van der Waals surface area contributed by atoms with E-state index < -0.39 is 11.4 Å². The van der Waals surface area contributed by atoms with Crippen molar-refractivity contribution in [3.63, 3.8) is 0 Å². The first-order valence-corrected chi connectivity index (χ1v) is 7.52. The van der Waals surface area contributed by atoms with Crippen LogP contribution in [-0.4, -0.2) is 17.1 Å². The van der Waals surface area contributed by atoms with Gasteiger partial charge in [0.15, 0.2) is 0 Å². The summed E-state index contributed by atoms with van der Waals surface area (Å²) in [6, 6.07) is 18.3. The van der Waals surface area contributed by atoms with Gasteiger partial charge in [-0.2, -0.15) is 0 Å². The number of carboxylic acids is 1. The van der Waals surface area contributed by atoms with E-state index in [0.717, 1.165) is 5.56 Å². The Balaban J connectivity index is 2.01. The minimum atomic E-state index is -0.803.